The van der Waals surface area contributed by atoms with Crippen LogP contribution >= 0.6 is 0 Å². The van der Waals surface area contributed by atoms with E-state index in [9.17, 15) is 19.8 Å². The van der Waals surface area contributed by atoms with Crippen LogP contribution in [0.3, 0.4) is 0 Å². The van der Waals surface area contributed by atoms with Gasteiger partial charge in [0.2, 0.25) is 0 Å². The number of allylic oxidation sites excluding steroid dienone is 4. The lowest BCUT2D eigenvalue weighted by Gasteiger charge is -2.71. The number of nitrogens with one attached hydrogen (secondary N) is 1. The van der Waals surface area contributed by atoms with Crippen LogP contribution in [0, 0.1) is 33.5 Å². The zero-order chi connectivity index (χ0) is 40.4. The summed E-state index contributed by atoms with van der Waals surface area (Å²) in [7, 11) is 4.84. The third-order valence-electron chi connectivity index (χ3n) is 15.5. The van der Waals surface area contributed by atoms with Gasteiger partial charge in [-0.25, -0.2) is 4.79 Å². The van der Waals surface area contributed by atoms with Gasteiger partial charge < -0.3 is 34.6 Å². The van der Waals surface area contributed by atoms with Crippen molar-refractivity contribution in [1.82, 2.24) is 10.2 Å². The monoisotopic (exact) mass is 774 g/mol. The summed E-state index contributed by atoms with van der Waals surface area (Å²) in [5.41, 5.74) is 0.0744. The predicted octanol–water partition coefficient (Wildman–Crippen LogP) is 8.46. The van der Waals surface area contributed by atoms with Crippen molar-refractivity contribution in [3.05, 3.63) is 113 Å². The number of aliphatic hydroxyl groups is 2. The smallest absolute Gasteiger partial charge is 0.318 e. The van der Waals surface area contributed by atoms with E-state index in [1.165, 1.54) is 0 Å². The maximum absolute atomic E-state index is 15.0. The molecule has 3 fully saturated rings. The first-order chi connectivity index (χ1) is 27.3. The van der Waals surface area contributed by atoms with Crippen LogP contribution in [-0.4, -0.2) is 66.5 Å². The van der Waals surface area contributed by atoms with Crippen LogP contribution in [0.4, 0.5) is 4.79 Å². The second-order valence-electron chi connectivity index (χ2n) is 18.0. The Morgan fingerprint density at radius 1 is 0.842 bits per heavy atom. The molecule has 2 bridgehead atoms. The standard InChI is InChI=1S/C48H58N2O7/c1-31(32-10-8-7-9-11-32)49-43(53)50(29-34-14-17-37(56-5)26-39(34)57-6)30-47(54)23-20-41-45(47,3)22-19-40-44(2)21-18-35(51)27-46(44)24-25-48(40,41)38(28-46)42(52)33-12-15-36(55-4)16-13-33/h7-17,24-26,28,31,35,40-41,51,54H,18-23,27,29-30H2,1-6H3,(H,49,53)/t31-,35?,40-,41-,44-,45+,46+,47-,48-/m1/s1. The number of amides is 2. The fourth-order valence-corrected chi connectivity index (χ4v) is 12.3. The number of methoxy groups -OCH3 is 3. The number of fused-ring (bicyclic) bond motifs is 1. The minimum atomic E-state index is -1.26. The number of carbonyl (C=O) groups is 2. The third kappa shape index (κ3) is 6.02. The first-order valence-electron chi connectivity index (χ1n) is 20.6. The van der Waals surface area contributed by atoms with Crippen molar-refractivity contribution in [2.75, 3.05) is 27.9 Å². The molecule has 0 aromatic heterocycles. The Morgan fingerprint density at radius 2 is 1.51 bits per heavy atom. The molecule has 6 aliphatic rings. The van der Waals surface area contributed by atoms with E-state index in [1.807, 2.05) is 79.7 Å². The van der Waals surface area contributed by atoms with Gasteiger partial charge in [-0.3, -0.25) is 4.79 Å². The van der Waals surface area contributed by atoms with Crippen LogP contribution in [0.5, 0.6) is 17.2 Å². The number of nitrogens with zero attached hydrogens (tertiary/aromatic N) is 1. The van der Waals surface area contributed by atoms with Gasteiger partial charge in [0.1, 0.15) is 17.2 Å². The summed E-state index contributed by atoms with van der Waals surface area (Å²) in [6, 6.07) is 22.3. The van der Waals surface area contributed by atoms with E-state index in [0.29, 0.717) is 42.1 Å². The Labute approximate surface area is 337 Å². The Bertz CT molecular complexity index is 2080. The zero-order valence-corrected chi connectivity index (χ0v) is 34.2. The Hall–Kier alpha value is -4.60. The first kappa shape index (κ1) is 39.2. The van der Waals surface area contributed by atoms with E-state index in [-0.39, 0.29) is 48.2 Å². The fraction of sp³-hybridized carbons (Fsp3) is 0.500. The molecule has 3 saturated carbocycles. The quantitative estimate of drug-likeness (QED) is 0.132. The largest absolute Gasteiger partial charge is 0.497 e. The summed E-state index contributed by atoms with van der Waals surface area (Å²) in [6.07, 6.45) is 11.4. The topological polar surface area (TPSA) is 118 Å². The molecule has 0 radical (unpaired) electrons. The molecule has 1 unspecified atom stereocenters. The first-order valence-corrected chi connectivity index (χ1v) is 20.6. The van der Waals surface area contributed by atoms with Crippen molar-refractivity contribution < 1.29 is 34.0 Å². The summed E-state index contributed by atoms with van der Waals surface area (Å²) >= 11 is 0. The van der Waals surface area contributed by atoms with Crippen molar-refractivity contribution in [2.24, 2.45) is 33.5 Å². The Balaban J connectivity index is 1.18. The van der Waals surface area contributed by atoms with Crippen molar-refractivity contribution >= 4 is 11.8 Å². The lowest BCUT2D eigenvalue weighted by atomic mass is 9.32. The summed E-state index contributed by atoms with van der Waals surface area (Å²) in [4.78, 5) is 31.3. The van der Waals surface area contributed by atoms with Crippen molar-refractivity contribution in [1.29, 1.82) is 0 Å². The summed E-state index contributed by atoms with van der Waals surface area (Å²) in [6.45, 7) is 6.88. The Morgan fingerprint density at radius 3 is 2.21 bits per heavy atom. The maximum Gasteiger partial charge on any atom is 0.318 e. The molecule has 0 aliphatic heterocycles. The second kappa shape index (κ2) is 14.3. The minimum absolute atomic E-state index is 0.00399. The molecule has 57 heavy (non-hydrogen) atoms. The third-order valence-corrected chi connectivity index (χ3v) is 15.5. The van der Waals surface area contributed by atoms with Gasteiger partial charge >= 0.3 is 6.03 Å². The average Bonchev–Trinajstić information content (AvgIpc) is 3.50. The molecule has 9 atom stereocenters. The van der Waals surface area contributed by atoms with Crippen LogP contribution in [0.1, 0.15) is 93.2 Å². The van der Waals surface area contributed by atoms with E-state index in [0.717, 1.165) is 42.4 Å². The molecule has 3 N–H and O–H groups in total. The minimum Gasteiger partial charge on any atom is -0.497 e. The molecule has 9 nitrogen and oxygen atoms in total. The van der Waals surface area contributed by atoms with Gasteiger partial charge in [0, 0.05) is 39.0 Å². The SMILES string of the molecule is COc1ccc(C(=O)C2=C[C@@]34C=C[C@@]25[C@@H]2CC[C@@](O)(CN(Cc6ccc(OC)cc6OC)C(=O)N[C@H](C)c6ccccc6)[C@@]2(C)CC[C@@H]5[C@@]3(C)CCC(O)C4)cc1. The summed E-state index contributed by atoms with van der Waals surface area (Å²) in [5, 5.41) is 27.6. The van der Waals surface area contributed by atoms with Gasteiger partial charge in [-0.2, -0.15) is 0 Å². The van der Waals surface area contributed by atoms with Gasteiger partial charge in [-0.1, -0.05) is 62.4 Å². The molecule has 0 heterocycles. The van der Waals surface area contributed by atoms with Gasteiger partial charge in [-0.05, 0) is 111 Å². The zero-order valence-electron chi connectivity index (χ0n) is 34.2. The predicted molar refractivity (Wildman–Crippen MR) is 219 cm³/mol. The number of hydrogen-bond donors (Lipinski definition) is 3. The number of carbonyl (C=O) groups excluding carboxylic acids is 2. The summed E-state index contributed by atoms with van der Waals surface area (Å²) in [5.74, 6) is 2.02. The number of rotatable bonds is 11. The molecule has 3 aromatic rings. The molecule has 2 amide bonds. The Kier molecular flexibility index (Phi) is 9.88. The normalized spacial score (nSPS) is 33.9. The van der Waals surface area contributed by atoms with E-state index in [4.69, 9.17) is 14.2 Å². The second-order valence-corrected chi connectivity index (χ2v) is 18.0. The summed E-state index contributed by atoms with van der Waals surface area (Å²) < 4.78 is 16.7. The molecular weight excluding hydrogens is 717 g/mol. The van der Waals surface area contributed by atoms with E-state index in [1.54, 1.807) is 26.2 Å². The van der Waals surface area contributed by atoms with E-state index in [2.05, 4.69) is 37.4 Å². The number of hydrogen-bond acceptors (Lipinski definition) is 7. The molecule has 9 heteroatoms. The lowest BCUT2D eigenvalue weighted by molar-refractivity contribution is -0.174. The van der Waals surface area contributed by atoms with E-state index < -0.39 is 27.9 Å². The molecule has 3 aromatic carbocycles. The van der Waals surface area contributed by atoms with Gasteiger partial charge in [0.25, 0.3) is 0 Å². The molecule has 302 valence electrons. The molecule has 9 rings (SSSR count). The average molecular weight is 775 g/mol. The number of urea groups is 1. The highest BCUT2D eigenvalue weighted by molar-refractivity contribution is 6.10. The molecule has 2 spiro atoms. The van der Waals surface area contributed by atoms with Crippen LogP contribution in [0.25, 0.3) is 0 Å². The van der Waals surface area contributed by atoms with Crippen molar-refractivity contribution in [2.45, 2.75) is 90.0 Å². The number of ether oxygens (including phenoxy) is 3. The lowest BCUT2D eigenvalue weighted by Crippen LogP contribution is -2.67. The van der Waals surface area contributed by atoms with Gasteiger partial charge in [0.05, 0.1) is 52.2 Å². The number of aliphatic hydroxyl groups excluding tert-OH is 1. The van der Waals surface area contributed by atoms with Crippen LogP contribution in [0.2, 0.25) is 0 Å². The molecule has 6 aliphatic carbocycles. The number of benzene rings is 3. The maximum atomic E-state index is 15.0. The van der Waals surface area contributed by atoms with Gasteiger partial charge in [-0.15, -0.1) is 0 Å². The van der Waals surface area contributed by atoms with Crippen molar-refractivity contribution in [3.8, 4) is 17.2 Å². The van der Waals surface area contributed by atoms with Crippen molar-refractivity contribution in [3.63, 3.8) is 0 Å². The van der Waals surface area contributed by atoms with E-state index >= 15 is 0 Å². The molecular formula is C48H58N2O7. The number of ketones is 1. The fourth-order valence-electron chi connectivity index (χ4n) is 12.3. The highest BCUT2D eigenvalue weighted by Crippen LogP contribution is 2.78. The van der Waals surface area contributed by atoms with Crippen LogP contribution < -0.4 is 19.5 Å². The van der Waals surface area contributed by atoms with Crippen LogP contribution in [0.15, 0.2) is 96.6 Å². The highest BCUT2D eigenvalue weighted by Gasteiger charge is 2.74. The molecule has 0 saturated heterocycles. The van der Waals surface area contributed by atoms with Crippen LogP contribution in [-0.2, 0) is 6.54 Å². The highest BCUT2D eigenvalue weighted by atomic mass is 16.5. The number of Topliss-reactive ketones (excluding diaryl/α,β-unsaturated/α-hetero) is 1. The van der Waals surface area contributed by atoms with Gasteiger partial charge in [0.15, 0.2) is 5.78 Å².